The second-order valence-electron chi connectivity index (χ2n) is 3.59. The first-order chi connectivity index (χ1) is 9.23. The normalized spacial score (nSPS) is 10.1. The van der Waals surface area contributed by atoms with Crippen molar-refractivity contribution in [2.45, 2.75) is 0 Å². The monoisotopic (exact) mass is 279 g/mol. The summed E-state index contributed by atoms with van der Waals surface area (Å²) < 4.78 is 15.9. The Labute approximate surface area is 114 Å². The molecule has 5 nitrogen and oxygen atoms in total. The number of ether oxygens (including phenoxy) is 3. The van der Waals surface area contributed by atoms with Crippen LogP contribution < -0.4 is 14.2 Å². The Balaban J connectivity index is 2.62. The molecule has 2 rings (SSSR count). The van der Waals surface area contributed by atoms with Gasteiger partial charge < -0.3 is 14.2 Å². The van der Waals surface area contributed by atoms with E-state index in [1.165, 1.54) is 17.5 Å². The zero-order chi connectivity index (χ0) is 13.8. The molecule has 0 amide bonds. The number of rotatable bonds is 5. The zero-order valence-corrected chi connectivity index (χ0v) is 11.6. The van der Waals surface area contributed by atoms with Gasteiger partial charge in [0.2, 0.25) is 0 Å². The van der Waals surface area contributed by atoms with Gasteiger partial charge in [-0.15, -0.1) is 11.3 Å². The van der Waals surface area contributed by atoms with Crippen molar-refractivity contribution in [3.63, 3.8) is 0 Å². The summed E-state index contributed by atoms with van der Waals surface area (Å²) in [5.74, 6) is 1.80. The summed E-state index contributed by atoms with van der Waals surface area (Å²) in [6.07, 6.45) is 2.29. The van der Waals surface area contributed by atoms with Gasteiger partial charge in [-0.3, -0.25) is 4.79 Å². The molecule has 0 N–H and O–H groups in total. The van der Waals surface area contributed by atoms with E-state index in [9.17, 15) is 4.79 Å². The van der Waals surface area contributed by atoms with Crippen LogP contribution in [0.15, 0.2) is 18.3 Å². The van der Waals surface area contributed by atoms with Crippen molar-refractivity contribution in [1.29, 1.82) is 0 Å². The minimum Gasteiger partial charge on any atom is -0.496 e. The van der Waals surface area contributed by atoms with Crippen LogP contribution in [0.2, 0.25) is 0 Å². The van der Waals surface area contributed by atoms with Crippen LogP contribution in [0.4, 0.5) is 0 Å². The van der Waals surface area contributed by atoms with Crippen molar-refractivity contribution in [2.75, 3.05) is 21.3 Å². The van der Waals surface area contributed by atoms with Crippen LogP contribution in [-0.2, 0) is 0 Å². The quantitative estimate of drug-likeness (QED) is 0.787. The minimum absolute atomic E-state index is 0.551. The Morgan fingerprint density at radius 2 is 1.74 bits per heavy atom. The van der Waals surface area contributed by atoms with E-state index in [1.807, 2.05) is 0 Å². The molecule has 100 valence electrons. The van der Waals surface area contributed by atoms with E-state index < -0.39 is 0 Å². The molecular weight excluding hydrogens is 266 g/mol. The largest absolute Gasteiger partial charge is 0.496 e. The summed E-state index contributed by atoms with van der Waals surface area (Å²) >= 11 is 1.28. The Morgan fingerprint density at radius 3 is 2.16 bits per heavy atom. The van der Waals surface area contributed by atoms with E-state index in [4.69, 9.17) is 14.2 Å². The molecule has 0 atom stereocenters. The maximum Gasteiger partial charge on any atom is 0.161 e. The molecule has 0 aliphatic carbocycles. The van der Waals surface area contributed by atoms with Crippen LogP contribution in [0.5, 0.6) is 17.2 Å². The smallest absolute Gasteiger partial charge is 0.161 e. The Hall–Kier alpha value is -2.08. The van der Waals surface area contributed by atoms with Crippen LogP contribution in [0.1, 0.15) is 9.67 Å². The molecule has 0 spiro atoms. The molecule has 2 aromatic rings. The Bertz CT molecular complexity index is 569. The minimum atomic E-state index is 0.551. The number of aldehydes is 1. The van der Waals surface area contributed by atoms with Crippen LogP contribution in [0.3, 0.4) is 0 Å². The summed E-state index contributed by atoms with van der Waals surface area (Å²) in [5.41, 5.74) is 0.712. The van der Waals surface area contributed by atoms with E-state index in [1.54, 1.807) is 33.5 Å². The summed E-state index contributed by atoms with van der Waals surface area (Å²) in [7, 11) is 4.69. The number of aromatic nitrogens is 1. The third kappa shape index (κ3) is 2.53. The van der Waals surface area contributed by atoms with E-state index in [-0.39, 0.29) is 0 Å². The molecule has 0 aliphatic rings. The Morgan fingerprint density at radius 1 is 1.11 bits per heavy atom. The molecule has 19 heavy (non-hydrogen) atoms. The maximum absolute atomic E-state index is 10.7. The van der Waals surface area contributed by atoms with Crippen molar-refractivity contribution in [2.24, 2.45) is 0 Å². The number of nitrogens with zero attached hydrogens (tertiary/aromatic N) is 1. The molecule has 1 aromatic carbocycles. The first kappa shape index (κ1) is 13.4. The van der Waals surface area contributed by atoms with Crippen molar-refractivity contribution in [3.8, 4) is 27.8 Å². The highest BCUT2D eigenvalue weighted by Crippen LogP contribution is 2.42. The highest BCUT2D eigenvalue weighted by atomic mass is 32.1. The van der Waals surface area contributed by atoms with Crippen LogP contribution in [-0.4, -0.2) is 32.6 Å². The molecule has 6 heteroatoms. The SMILES string of the molecule is COc1cc(OC)c(-c2ncc(C=O)s2)c(OC)c1. The third-order valence-electron chi connectivity index (χ3n) is 2.57. The fourth-order valence-electron chi connectivity index (χ4n) is 1.67. The van der Waals surface area contributed by atoms with Gasteiger partial charge in [-0.1, -0.05) is 0 Å². The molecule has 0 fully saturated rings. The second kappa shape index (κ2) is 5.71. The lowest BCUT2D eigenvalue weighted by Crippen LogP contribution is -1.94. The third-order valence-corrected chi connectivity index (χ3v) is 3.51. The number of hydrogen-bond donors (Lipinski definition) is 0. The lowest BCUT2D eigenvalue weighted by molar-refractivity contribution is 0.112. The molecule has 0 unspecified atom stereocenters. The highest BCUT2D eigenvalue weighted by Gasteiger charge is 2.18. The van der Waals surface area contributed by atoms with Crippen molar-refractivity contribution in [3.05, 3.63) is 23.2 Å². The fraction of sp³-hybridized carbons (Fsp3) is 0.231. The van der Waals surface area contributed by atoms with Gasteiger partial charge in [0.1, 0.15) is 22.3 Å². The van der Waals surface area contributed by atoms with Gasteiger partial charge in [0, 0.05) is 18.3 Å². The number of methoxy groups -OCH3 is 3. The number of benzene rings is 1. The summed E-state index contributed by atoms with van der Waals surface area (Å²) in [5, 5.41) is 0.665. The predicted octanol–water partition coefficient (Wildman–Crippen LogP) is 2.65. The van der Waals surface area contributed by atoms with Gasteiger partial charge in [-0.25, -0.2) is 4.98 Å². The van der Waals surface area contributed by atoms with Gasteiger partial charge in [0.25, 0.3) is 0 Å². The number of hydrogen-bond acceptors (Lipinski definition) is 6. The molecule has 1 heterocycles. The van der Waals surface area contributed by atoms with Gasteiger partial charge in [-0.2, -0.15) is 0 Å². The first-order valence-corrected chi connectivity index (χ1v) is 6.26. The lowest BCUT2D eigenvalue weighted by Gasteiger charge is -2.13. The molecule has 0 bridgehead atoms. The average Bonchev–Trinajstić information content (AvgIpc) is 2.94. The van der Waals surface area contributed by atoms with Gasteiger partial charge >= 0.3 is 0 Å². The van der Waals surface area contributed by atoms with Gasteiger partial charge in [0.05, 0.1) is 31.8 Å². The van der Waals surface area contributed by atoms with Crippen molar-refractivity contribution < 1.29 is 19.0 Å². The summed E-state index contributed by atoms with van der Waals surface area (Å²) in [4.78, 5) is 15.5. The molecule has 0 radical (unpaired) electrons. The van der Waals surface area contributed by atoms with E-state index in [0.29, 0.717) is 32.7 Å². The van der Waals surface area contributed by atoms with E-state index in [2.05, 4.69) is 4.98 Å². The predicted molar refractivity (Wildman–Crippen MR) is 72.6 cm³/mol. The number of carbonyl (C=O) groups excluding carboxylic acids is 1. The van der Waals surface area contributed by atoms with Crippen molar-refractivity contribution in [1.82, 2.24) is 4.98 Å². The Kier molecular flexibility index (Phi) is 4.01. The standard InChI is InChI=1S/C13H13NO4S/c1-16-8-4-10(17-2)12(11(5-8)18-3)13-14-6-9(7-15)19-13/h4-7H,1-3H3. The van der Waals surface area contributed by atoms with Crippen molar-refractivity contribution >= 4 is 17.6 Å². The average molecular weight is 279 g/mol. The van der Waals surface area contributed by atoms with Gasteiger partial charge in [0.15, 0.2) is 6.29 Å². The summed E-state index contributed by atoms with van der Waals surface area (Å²) in [6, 6.07) is 3.50. The van der Waals surface area contributed by atoms with E-state index in [0.717, 1.165) is 6.29 Å². The van der Waals surface area contributed by atoms with E-state index >= 15 is 0 Å². The lowest BCUT2D eigenvalue weighted by atomic mass is 10.1. The van der Waals surface area contributed by atoms with Crippen LogP contribution in [0, 0.1) is 0 Å². The molecule has 0 saturated carbocycles. The van der Waals surface area contributed by atoms with Crippen LogP contribution >= 0.6 is 11.3 Å². The first-order valence-electron chi connectivity index (χ1n) is 5.44. The second-order valence-corrected chi connectivity index (χ2v) is 4.65. The molecule has 1 aromatic heterocycles. The molecule has 0 saturated heterocycles. The molecular formula is C13H13NO4S. The molecule has 0 aliphatic heterocycles. The fourth-order valence-corrected chi connectivity index (χ4v) is 2.46. The highest BCUT2D eigenvalue weighted by molar-refractivity contribution is 7.16. The summed E-state index contributed by atoms with van der Waals surface area (Å²) in [6.45, 7) is 0. The van der Waals surface area contributed by atoms with Crippen LogP contribution in [0.25, 0.3) is 10.6 Å². The zero-order valence-electron chi connectivity index (χ0n) is 10.8. The maximum atomic E-state index is 10.7. The topological polar surface area (TPSA) is 57.7 Å². The number of thiazole rings is 1. The number of carbonyl (C=O) groups is 1. The van der Waals surface area contributed by atoms with Gasteiger partial charge in [-0.05, 0) is 0 Å².